The van der Waals surface area contributed by atoms with Crippen molar-refractivity contribution in [3.63, 3.8) is 0 Å². The van der Waals surface area contributed by atoms with E-state index in [2.05, 4.69) is 62.2 Å². The van der Waals surface area contributed by atoms with Crippen molar-refractivity contribution in [1.82, 2.24) is 15.2 Å². The maximum atomic E-state index is 4.52. The van der Waals surface area contributed by atoms with Crippen molar-refractivity contribution >= 4 is 11.3 Å². The number of nitrogens with one attached hydrogen (secondary N) is 1. The number of aromatic nitrogens is 1. The molecule has 1 atom stereocenters. The van der Waals surface area contributed by atoms with Gasteiger partial charge in [0.1, 0.15) is 0 Å². The van der Waals surface area contributed by atoms with Gasteiger partial charge in [-0.05, 0) is 32.9 Å². The first-order chi connectivity index (χ1) is 8.35. The van der Waals surface area contributed by atoms with Crippen LogP contribution < -0.4 is 5.32 Å². The van der Waals surface area contributed by atoms with Gasteiger partial charge < -0.3 is 5.32 Å². The first-order valence-electron chi connectivity index (χ1n) is 6.68. The Morgan fingerprint density at radius 1 is 1.50 bits per heavy atom. The average molecular weight is 269 g/mol. The molecule has 1 unspecified atom stereocenters. The lowest BCUT2D eigenvalue weighted by molar-refractivity contribution is 0.160. The Labute approximate surface area is 116 Å². The van der Waals surface area contributed by atoms with Gasteiger partial charge >= 0.3 is 0 Å². The molecule has 1 aromatic rings. The van der Waals surface area contributed by atoms with Crippen LogP contribution in [0.4, 0.5) is 0 Å². The molecule has 1 rings (SSSR count). The molecule has 1 aromatic heterocycles. The number of hydrogen-bond acceptors (Lipinski definition) is 4. The summed E-state index contributed by atoms with van der Waals surface area (Å²) >= 11 is 1.73. The SMILES string of the molecule is CCNC(C)C(C)(C)CN(C)Cc1csc(C)n1. The molecule has 0 spiro atoms. The second-order valence-electron chi connectivity index (χ2n) is 5.80. The highest BCUT2D eigenvalue weighted by molar-refractivity contribution is 7.09. The van der Waals surface area contributed by atoms with E-state index in [-0.39, 0.29) is 5.41 Å². The van der Waals surface area contributed by atoms with Crippen molar-refractivity contribution in [1.29, 1.82) is 0 Å². The highest BCUT2D eigenvalue weighted by atomic mass is 32.1. The van der Waals surface area contributed by atoms with Gasteiger partial charge in [0.05, 0.1) is 10.7 Å². The van der Waals surface area contributed by atoms with Crippen LogP contribution in [0.25, 0.3) is 0 Å². The van der Waals surface area contributed by atoms with Crippen LogP contribution in [0.1, 0.15) is 38.4 Å². The molecule has 104 valence electrons. The minimum Gasteiger partial charge on any atom is -0.314 e. The summed E-state index contributed by atoms with van der Waals surface area (Å²) in [6, 6.07) is 0.516. The Kier molecular flexibility index (Phi) is 5.76. The molecular formula is C14H27N3S. The average Bonchev–Trinajstić information content (AvgIpc) is 2.63. The van der Waals surface area contributed by atoms with Crippen molar-refractivity contribution in [2.45, 2.75) is 47.2 Å². The Morgan fingerprint density at radius 3 is 2.67 bits per heavy atom. The topological polar surface area (TPSA) is 28.2 Å². The third kappa shape index (κ3) is 4.67. The van der Waals surface area contributed by atoms with Crippen molar-refractivity contribution in [3.05, 3.63) is 16.1 Å². The quantitative estimate of drug-likeness (QED) is 0.825. The monoisotopic (exact) mass is 269 g/mol. The highest BCUT2D eigenvalue weighted by Crippen LogP contribution is 2.22. The van der Waals surface area contributed by atoms with Crippen molar-refractivity contribution in [2.24, 2.45) is 5.41 Å². The molecule has 0 aliphatic carbocycles. The number of thiazole rings is 1. The van der Waals surface area contributed by atoms with Gasteiger partial charge in [-0.1, -0.05) is 20.8 Å². The van der Waals surface area contributed by atoms with Gasteiger partial charge in [-0.3, -0.25) is 4.90 Å². The van der Waals surface area contributed by atoms with E-state index in [0.29, 0.717) is 6.04 Å². The zero-order chi connectivity index (χ0) is 13.8. The van der Waals surface area contributed by atoms with Crippen molar-refractivity contribution in [2.75, 3.05) is 20.1 Å². The summed E-state index contributed by atoms with van der Waals surface area (Å²) in [6.07, 6.45) is 0. The maximum absolute atomic E-state index is 4.52. The zero-order valence-corrected chi connectivity index (χ0v) is 13.4. The normalized spacial score (nSPS) is 14.2. The van der Waals surface area contributed by atoms with Crippen LogP contribution in [0, 0.1) is 12.3 Å². The molecule has 0 aromatic carbocycles. The zero-order valence-electron chi connectivity index (χ0n) is 12.6. The van der Waals surface area contributed by atoms with Crippen LogP contribution in [0.5, 0.6) is 0 Å². The number of aryl methyl sites for hydroxylation is 1. The molecule has 0 aliphatic rings. The molecule has 0 saturated carbocycles. The van der Waals surface area contributed by atoms with Crippen LogP contribution in [0.2, 0.25) is 0 Å². The maximum Gasteiger partial charge on any atom is 0.0897 e. The summed E-state index contributed by atoms with van der Waals surface area (Å²) in [4.78, 5) is 6.89. The van der Waals surface area contributed by atoms with Crippen molar-refractivity contribution < 1.29 is 0 Å². The van der Waals surface area contributed by atoms with Crippen LogP contribution in [-0.4, -0.2) is 36.1 Å². The Hall–Kier alpha value is -0.450. The lowest BCUT2D eigenvalue weighted by Crippen LogP contribution is -2.45. The minimum atomic E-state index is 0.260. The lowest BCUT2D eigenvalue weighted by Gasteiger charge is -2.36. The van der Waals surface area contributed by atoms with E-state index in [1.165, 1.54) is 5.69 Å². The van der Waals surface area contributed by atoms with E-state index >= 15 is 0 Å². The van der Waals surface area contributed by atoms with Gasteiger partial charge in [0.25, 0.3) is 0 Å². The van der Waals surface area contributed by atoms with Gasteiger partial charge in [-0.25, -0.2) is 4.98 Å². The summed E-state index contributed by atoms with van der Waals surface area (Å²) < 4.78 is 0. The first kappa shape index (κ1) is 15.6. The van der Waals surface area contributed by atoms with E-state index in [1.807, 2.05) is 0 Å². The van der Waals surface area contributed by atoms with E-state index in [9.17, 15) is 0 Å². The molecule has 1 N–H and O–H groups in total. The molecule has 1 heterocycles. The lowest BCUT2D eigenvalue weighted by atomic mass is 9.85. The van der Waals surface area contributed by atoms with E-state index in [0.717, 1.165) is 24.6 Å². The Morgan fingerprint density at radius 2 is 2.17 bits per heavy atom. The predicted molar refractivity (Wildman–Crippen MR) is 80.1 cm³/mol. The molecule has 0 bridgehead atoms. The van der Waals surface area contributed by atoms with Gasteiger partial charge in [-0.15, -0.1) is 11.3 Å². The Bertz CT molecular complexity index is 360. The highest BCUT2D eigenvalue weighted by Gasteiger charge is 2.26. The summed E-state index contributed by atoms with van der Waals surface area (Å²) in [5.74, 6) is 0. The molecule has 0 radical (unpaired) electrons. The number of nitrogens with zero attached hydrogens (tertiary/aromatic N) is 2. The van der Waals surface area contributed by atoms with Crippen LogP contribution in [-0.2, 0) is 6.54 Å². The van der Waals surface area contributed by atoms with E-state index in [4.69, 9.17) is 0 Å². The number of hydrogen-bond donors (Lipinski definition) is 1. The van der Waals surface area contributed by atoms with Gasteiger partial charge in [-0.2, -0.15) is 0 Å². The fraction of sp³-hybridized carbons (Fsp3) is 0.786. The predicted octanol–water partition coefficient (Wildman–Crippen LogP) is 2.91. The number of rotatable bonds is 7. The summed E-state index contributed by atoms with van der Waals surface area (Å²) in [7, 11) is 2.18. The molecule has 0 amide bonds. The fourth-order valence-electron chi connectivity index (χ4n) is 2.23. The summed E-state index contributed by atoms with van der Waals surface area (Å²) in [6.45, 7) is 14.2. The fourth-order valence-corrected chi connectivity index (χ4v) is 2.83. The van der Waals surface area contributed by atoms with E-state index < -0.39 is 0 Å². The van der Waals surface area contributed by atoms with Crippen LogP contribution in [0.15, 0.2) is 5.38 Å². The molecule has 0 aliphatic heterocycles. The standard InChI is InChI=1S/C14H27N3S/c1-7-15-11(2)14(4,5)10-17(6)8-13-9-18-12(3)16-13/h9,11,15H,7-8,10H2,1-6H3. The molecule has 0 saturated heterocycles. The molecule has 3 nitrogen and oxygen atoms in total. The molecular weight excluding hydrogens is 242 g/mol. The third-order valence-electron chi connectivity index (χ3n) is 3.46. The van der Waals surface area contributed by atoms with Gasteiger partial charge in [0.15, 0.2) is 0 Å². The molecule has 4 heteroatoms. The minimum absolute atomic E-state index is 0.260. The van der Waals surface area contributed by atoms with Gasteiger partial charge in [0.2, 0.25) is 0 Å². The summed E-state index contributed by atoms with van der Waals surface area (Å²) in [5.41, 5.74) is 1.45. The summed E-state index contributed by atoms with van der Waals surface area (Å²) in [5, 5.41) is 6.83. The first-order valence-corrected chi connectivity index (χ1v) is 7.56. The van der Waals surface area contributed by atoms with Gasteiger partial charge in [0, 0.05) is 24.5 Å². The third-order valence-corrected chi connectivity index (χ3v) is 4.28. The smallest absolute Gasteiger partial charge is 0.0897 e. The van der Waals surface area contributed by atoms with E-state index in [1.54, 1.807) is 11.3 Å². The second kappa shape index (κ2) is 6.64. The van der Waals surface area contributed by atoms with Crippen LogP contribution in [0.3, 0.4) is 0 Å². The molecule has 0 fully saturated rings. The molecule has 18 heavy (non-hydrogen) atoms. The largest absolute Gasteiger partial charge is 0.314 e. The second-order valence-corrected chi connectivity index (χ2v) is 6.86. The Balaban J connectivity index is 2.50. The van der Waals surface area contributed by atoms with Crippen molar-refractivity contribution in [3.8, 4) is 0 Å². The van der Waals surface area contributed by atoms with Crippen LogP contribution >= 0.6 is 11.3 Å².